The summed E-state index contributed by atoms with van der Waals surface area (Å²) in [7, 11) is 1.75. The van der Waals surface area contributed by atoms with Gasteiger partial charge in [-0.15, -0.1) is 0 Å². The van der Waals surface area contributed by atoms with Crippen LogP contribution in [-0.4, -0.2) is 97.7 Å². The third-order valence-corrected chi connectivity index (χ3v) is 12.1. The van der Waals surface area contributed by atoms with Crippen LogP contribution >= 0.6 is 0 Å². The minimum Gasteiger partial charge on any atom is -0.385 e. The molecule has 3 saturated heterocycles. The van der Waals surface area contributed by atoms with E-state index in [4.69, 9.17) is 23.7 Å². The summed E-state index contributed by atoms with van der Waals surface area (Å²) in [6.45, 7) is 15.9. The quantitative estimate of drug-likeness (QED) is 0.0698. The van der Waals surface area contributed by atoms with Crippen molar-refractivity contribution in [1.29, 1.82) is 0 Å². The Morgan fingerprint density at radius 2 is 1.03 bits per heavy atom. The zero-order chi connectivity index (χ0) is 42.4. The van der Waals surface area contributed by atoms with Gasteiger partial charge in [0.05, 0.1) is 17.8 Å². The van der Waals surface area contributed by atoms with Crippen LogP contribution in [0.5, 0.6) is 0 Å². The number of methoxy groups -OCH3 is 1. The molecule has 9 nitrogen and oxygen atoms in total. The molecule has 4 N–H and O–H groups in total. The van der Waals surface area contributed by atoms with Crippen LogP contribution in [-0.2, 0) is 29.3 Å². The van der Waals surface area contributed by atoms with Crippen molar-refractivity contribution in [2.24, 2.45) is 17.8 Å². The molecule has 3 aliphatic heterocycles. The fraction of sp³-hybridized carbons (Fsp3) is 0.647. The first kappa shape index (κ1) is 50.0. The molecular weight excluding hydrogens is 751 g/mol. The van der Waals surface area contributed by atoms with Gasteiger partial charge in [0.25, 0.3) is 0 Å². The number of nitrogens with one attached hydrogen (secondary N) is 3. The van der Waals surface area contributed by atoms with Gasteiger partial charge >= 0.3 is 0 Å². The minimum absolute atomic E-state index is 0.214. The van der Waals surface area contributed by atoms with E-state index in [1.54, 1.807) is 7.11 Å². The summed E-state index contributed by atoms with van der Waals surface area (Å²) in [4.78, 5) is 0. The fourth-order valence-electron chi connectivity index (χ4n) is 8.80. The summed E-state index contributed by atoms with van der Waals surface area (Å²) in [5.41, 5.74) is 2.93. The SMILES string of the molecule is CCOCCCO[C@@H](c1ccccc1)[C@@H]1CCCNC1.CCOCCC[C@@](O)(c1ccccc1)[C@@H]1CCCNC1.COCCCCO[C@@H](c1ccccc1)[C@@H]1CCCNC1. The zero-order valence-corrected chi connectivity index (χ0v) is 37.5. The Morgan fingerprint density at radius 1 is 0.567 bits per heavy atom. The molecule has 3 aromatic carbocycles. The van der Waals surface area contributed by atoms with E-state index in [1.165, 1.54) is 36.8 Å². The molecular formula is C51H81N3O6. The normalized spacial score (nSPS) is 21.3. The molecule has 60 heavy (non-hydrogen) atoms. The van der Waals surface area contributed by atoms with Crippen LogP contribution in [0.4, 0.5) is 0 Å². The second-order valence-corrected chi connectivity index (χ2v) is 16.5. The zero-order valence-electron chi connectivity index (χ0n) is 37.5. The lowest BCUT2D eigenvalue weighted by atomic mass is 9.75. The smallest absolute Gasteiger partial charge is 0.0937 e. The van der Waals surface area contributed by atoms with Gasteiger partial charge in [-0.05, 0) is 121 Å². The summed E-state index contributed by atoms with van der Waals surface area (Å²) in [6, 6.07) is 31.4. The van der Waals surface area contributed by atoms with E-state index in [2.05, 4.69) is 88.7 Å². The summed E-state index contributed by atoms with van der Waals surface area (Å²) in [5, 5.41) is 21.7. The average molecular weight is 832 g/mol. The van der Waals surface area contributed by atoms with Gasteiger partial charge in [0.1, 0.15) is 0 Å². The molecule has 0 bridgehead atoms. The van der Waals surface area contributed by atoms with Crippen molar-refractivity contribution < 1.29 is 28.8 Å². The highest BCUT2D eigenvalue weighted by Gasteiger charge is 2.38. The molecule has 0 spiro atoms. The summed E-state index contributed by atoms with van der Waals surface area (Å²) >= 11 is 0. The van der Waals surface area contributed by atoms with Gasteiger partial charge in [0.15, 0.2) is 0 Å². The second kappa shape index (κ2) is 31.2. The van der Waals surface area contributed by atoms with E-state index >= 15 is 0 Å². The number of benzene rings is 3. The van der Waals surface area contributed by atoms with E-state index in [-0.39, 0.29) is 12.2 Å². The molecule has 0 aliphatic carbocycles. The van der Waals surface area contributed by atoms with Crippen molar-refractivity contribution in [2.45, 2.75) is 102 Å². The molecule has 0 aromatic heterocycles. The van der Waals surface area contributed by atoms with Gasteiger partial charge in [-0.25, -0.2) is 0 Å². The molecule has 6 atom stereocenters. The largest absolute Gasteiger partial charge is 0.385 e. The number of hydrogen-bond acceptors (Lipinski definition) is 9. The van der Waals surface area contributed by atoms with E-state index in [0.29, 0.717) is 17.8 Å². The predicted octanol–water partition coefficient (Wildman–Crippen LogP) is 9.03. The maximum Gasteiger partial charge on any atom is 0.0937 e. The highest BCUT2D eigenvalue weighted by molar-refractivity contribution is 5.24. The van der Waals surface area contributed by atoms with Crippen LogP contribution in [0.25, 0.3) is 0 Å². The van der Waals surface area contributed by atoms with Gasteiger partial charge < -0.3 is 44.7 Å². The molecule has 0 amide bonds. The lowest BCUT2D eigenvalue weighted by Gasteiger charge is -2.39. The molecule has 6 rings (SSSR count). The Labute approximate surface area is 364 Å². The number of rotatable bonds is 23. The molecule has 3 heterocycles. The van der Waals surface area contributed by atoms with Gasteiger partial charge in [0, 0.05) is 90.7 Å². The van der Waals surface area contributed by atoms with Crippen LogP contribution in [0, 0.1) is 17.8 Å². The third kappa shape index (κ3) is 18.3. The summed E-state index contributed by atoms with van der Waals surface area (Å²) in [5.74, 6) is 1.46. The number of aliphatic hydroxyl groups is 1. The van der Waals surface area contributed by atoms with E-state index in [1.807, 2.05) is 32.0 Å². The Kier molecular flexibility index (Phi) is 26.0. The molecule has 0 radical (unpaired) electrons. The maximum absolute atomic E-state index is 11.3. The molecule has 3 fully saturated rings. The number of hydrogen-bond donors (Lipinski definition) is 4. The first-order chi connectivity index (χ1) is 29.6. The standard InChI is InChI=1S/3C17H27NO2/c1-19-12-5-6-13-20-17(15-8-3-2-4-9-15)16-10-7-11-18-14-16;1-2-20-13-7-11-17(19,15-8-4-3-5-9-15)16-10-6-12-18-14-16;1-2-19-12-7-13-20-17(15-8-4-3-5-9-15)16-10-6-11-18-14-16/h2-4,8-9,16-18H,5-7,10-14H2,1H3;3-5,8-9,16,18-19H,2,6-7,10-14H2,1H3;3-5,8-9,16-18H,2,6-7,10-14H2,1H3/t16-,17+;16-,17-;16-,17+/m111/s1. The number of ether oxygens (including phenoxy) is 5. The first-order valence-corrected chi connectivity index (χ1v) is 23.5. The highest BCUT2D eigenvalue weighted by atomic mass is 16.5. The molecule has 336 valence electrons. The monoisotopic (exact) mass is 832 g/mol. The van der Waals surface area contributed by atoms with Crippen molar-refractivity contribution in [3.05, 3.63) is 108 Å². The van der Waals surface area contributed by atoms with E-state index < -0.39 is 5.60 Å². The number of unbranched alkanes of at least 4 members (excludes halogenated alkanes) is 1. The second-order valence-electron chi connectivity index (χ2n) is 16.5. The Morgan fingerprint density at radius 3 is 1.50 bits per heavy atom. The Bertz CT molecular complexity index is 1350. The van der Waals surface area contributed by atoms with Crippen molar-refractivity contribution in [3.8, 4) is 0 Å². The van der Waals surface area contributed by atoms with Crippen LogP contribution in [0.3, 0.4) is 0 Å². The van der Waals surface area contributed by atoms with Crippen LogP contribution in [0.15, 0.2) is 91.0 Å². The van der Waals surface area contributed by atoms with Gasteiger partial charge in [0.2, 0.25) is 0 Å². The fourth-order valence-corrected chi connectivity index (χ4v) is 8.80. The van der Waals surface area contributed by atoms with Crippen molar-refractivity contribution >= 4 is 0 Å². The van der Waals surface area contributed by atoms with Crippen molar-refractivity contribution in [2.75, 3.05) is 92.6 Å². The van der Waals surface area contributed by atoms with Gasteiger partial charge in [-0.2, -0.15) is 0 Å². The number of piperidine rings is 3. The maximum atomic E-state index is 11.3. The highest BCUT2D eigenvalue weighted by Crippen LogP contribution is 2.38. The van der Waals surface area contributed by atoms with Gasteiger partial charge in [-0.3, -0.25) is 0 Å². The van der Waals surface area contributed by atoms with Crippen molar-refractivity contribution in [3.63, 3.8) is 0 Å². The van der Waals surface area contributed by atoms with E-state index in [0.717, 1.165) is 136 Å². The van der Waals surface area contributed by atoms with Crippen LogP contribution < -0.4 is 16.0 Å². The topological polar surface area (TPSA) is 102 Å². The Hall–Kier alpha value is -2.70. The van der Waals surface area contributed by atoms with Crippen LogP contribution in [0.2, 0.25) is 0 Å². The lowest BCUT2D eigenvalue weighted by molar-refractivity contribution is -0.0468. The molecule has 9 heteroatoms. The molecule has 3 aliphatic rings. The summed E-state index contributed by atoms with van der Waals surface area (Å²) < 4.78 is 28.3. The predicted molar refractivity (Wildman–Crippen MR) is 245 cm³/mol. The minimum atomic E-state index is -0.730. The molecule has 3 aromatic rings. The van der Waals surface area contributed by atoms with Crippen molar-refractivity contribution in [1.82, 2.24) is 16.0 Å². The first-order valence-electron chi connectivity index (χ1n) is 23.5. The summed E-state index contributed by atoms with van der Waals surface area (Å²) in [6.07, 6.45) is 12.4. The molecule has 0 unspecified atom stereocenters. The van der Waals surface area contributed by atoms with E-state index in [9.17, 15) is 5.11 Å². The molecule has 0 saturated carbocycles. The van der Waals surface area contributed by atoms with Crippen LogP contribution in [0.1, 0.15) is 113 Å². The third-order valence-electron chi connectivity index (χ3n) is 12.1. The average Bonchev–Trinajstić information content (AvgIpc) is 3.32. The lowest BCUT2D eigenvalue weighted by Crippen LogP contribution is -2.44. The Balaban J connectivity index is 0.000000198. The van der Waals surface area contributed by atoms with Gasteiger partial charge in [-0.1, -0.05) is 91.0 Å².